The average molecular weight is 276 g/mol. The Morgan fingerprint density at radius 3 is 2.40 bits per heavy atom. The van der Waals surface area contributed by atoms with Crippen LogP contribution in [0.15, 0.2) is 12.1 Å². The maximum absolute atomic E-state index is 12.0. The quantitative estimate of drug-likeness (QED) is 0.894. The fourth-order valence-electron chi connectivity index (χ4n) is 2.77. The van der Waals surface area contributed by atoms with Gasteiger partial charge in [0.15, 0.2) is 6.61 Å². The Hall–Kier alpha value is -1.55. The summed E-state index contributed by atoms with van der Waals surface area (Å²) in [6.07, 6.45) is 2.23. The zero-order valence-electron chi connectivity index (χ0n) is 12.7. The zero-order chi connectivity index (χ0) is 14.5. The van der Waals surface area contributed by atoms with Crippen molar-refractivity contribution in [3.63, 3.8) is 0 Å². The molecule has 0 aromatic heterocycles. The number of nitrogens with one attached hydrogen (secondary N) is 1. The highest BCUT2D eigenvalue weighted by atomic mass is 16.5. The molecule has 1 saturated heterocycles. The lowest BCUT2D eigenvalue weighted by atomic mass is 10.1. The van der Waals surface area contributed by atoms with Gasteiger partial charge in [0.1, 0.15) is 5.75 Å². The van der Waals surface area contributed by atoms with E-state index in [1.165, 1.54) is 5.56 Å². The fourth-order valence-corrected chi connectivity index (χ4v) is 2.77. The molecule has 4 nitrogen and oxygen atoms in total. The van der Waals surface area contributed by atoms with Crippen molar-refractivity contribution >= 4 is 5.91 Å². The first kappa shape index (κ1) is 14.9. The van der Waals surface area contributed by atoms with Crippen molar-refractivity contribution in [3.8, 4) is 5.75 Å². The Kier molecular flexibility index (Phi) is 5.01. The van der Waals surface area contributed by atoms with Gasteiger partial charge in [0.2, 0.25) is 0 Å². The molecule has 1 fully saturated rings. The third-order valence-corrected chi connectivity index (χ3v) is 3.70. The first-order chi connectivity index (χ1) is 9.61. The molecule has 1 heterocycles. The monoisotopic (exact) mass is 276 g/mol. The van der Waals surface area contributed by atoms with Crippen LogP contribution in [0, 0.1) is 13.8 Å². The summed E-state index contributed by atoms with van der Waals surface area (Å²) >= 11 is 0. The number of benzene rings is 1. The lowest BCUT2D eigenvalue weighted by Crippen LogP contribution is -2.32. The summed E-state index contributed by atoms with van der Waals surface area (Å²) < 4.78 is 5.76. The van der Waals surface area contributed by atoms with Crippen molar-refractivity contribution in [3.05, 3.63) is 28.8 Å². The van der Waals surface area contributed by atoms with Gasteiger partial charge in [-0.05, 0) is 50.4 Å². The van der Waals surface area contributed by atoms with Crippen LogP contribution in [0.2, 0.25) is 0 Å². The molecule has 1 aliphatic heterocycles. The van der Waals surface area contributed by atoms with E-state index < -0.39 is 0 Å². The number of nitrogens with zero attached hydrogens (tertiary/aromatic N) is 1. The predicted molar refractivity (Wildman–Crippen MR) is 80.0 cm³/mol. The van der Waals surface area contributed by atoms with Crippen LogP contribution in [-0.4, -0.2) is 37.6 Å². The summed E-state index contributed by atoms with van der Waals surface area (Å²) in [6.45, 7) is 6.80. The van der Waals surface area contributed by atoms with E-state index >= 15 is 0 Å². The van der Waals surface area contributed by atoms with Gasteiger partial charge in [0, 0.05) is 19.6 Å². The molecular formula is C16H24N2O2. The van der Waals surface area contributed by atoms with E-state index in [1.807, 2.05) is 25.8 Å². The number of hydrogen-bond donors (Lipinski definition) is 1. The first-order valence-corrected chi connectivity index (χ1v) is 7.27. The molecular weight excluding hydrogens is 252 g/mol. The second kappa shape index (κ2) is 6.75. The van der Waals surface area contributed by atoms with Gasteiger partial charge >= 0.3 is 0 Å². The van der Waals surface area contributed by atoms with Crippen LogP contribution in [0.5, 0.6) is 5.75 Å². The summed E-state index contributed by atoms with van der Waals surface area (Å²) in [6, 6.07) is 4.22. The molecule has 110 valence electrons. The second-order valence-electron chi connectivity index (χ2n) is 5.47. The second-order valence-corrected chi connectivity index (χ2v) is 5.47. The van der Waals surface area contributed by atoms with Gasteiger partial charge in [-0.25, -0.2) is 0 Å². The Bertz CT molecular complexity index is 456. The summed E-state index contributed by atoms with van der Waals surface area (Å²) in [5.74, 6) is 0.943. The average Bonchev–Trinajstić information content (AvgIpc) is 2.91. The Balaban J connectivity index is 2.00. The van der Waals surface area contributed by atoms with Crippen molar-refractivity contribution < 1.29 is 9.53 Å². The maximum atomic E-state index is 12.0. The van der Waals surface area contributed by atoms with Gasteiger partial charge in [-0.15, -0.1) is 0 Å². The minimum absolute atomic E-state index is 0.0978. The zero-order valence-corrected chi connectivity index (χ0v) is 12.7. The van der Waals surface area contributed by atoms with E-state index in [0.29, 0.717) is 0 Å². The molecule has 1 N–H and O–H groups in total. The molecule has 1 aliphatic rings. The van der Waals surface area contributed by atoms with E-state index in [0.717, 1.165) is 49.4 Å². The number of likely N-dealkylation sites (tertiary alicyclic amines) is 1. The third-order valence-electron chi connectivity index (χ3n) is 3.70. The lowest BCUT2D eigenvalue weighted by Gasteiger charge is -2.18. The normalized spacial score (nSPS) is 14.7. The minimum Gasteiger partial charge on any atom is -0.483 e. The maximum Gasteiger partial charge on any atom is 0.260 e. The standard InChI is InChI=1S/C16H24N2O2/c1-12-8-14(10-17-3)9-13(2)16(12)20-11-15(19)18-6-4-5-7-18/h8-9,17H,4-7,10-11H2,1-3H3. The fraction of sp³-hybridized carbons (Fsp3) is 0.562. The van der Waals surface area contributed by atoms with E-state index in [4.69, 9.17) is 4.74 Å². The number of carbonyl (C=O) groups is 1. The van der Waals surface area contributed by atoms with E-state index in [2.05, 4.69) is 17.4 Å². The van der Waals surface area contributed by atoms with Crippen LogP contribution >= 0.6 is 0 Å². The SMILES string of the molecule is CNCc1cc(C)c(OCC(=O)N2CCCC2)c(C)c1. The van der Waals surface area contributed by atoms with Gasteiger partial charge in [-0.1, -0.05) is 12.1 Å². The molecule has 0 atom stereocenters. The van der Waals surface area contributed by atoms with Gasteiger partial charge in [-0.3, -0.25) is 4.79 Å². The van der Waals surface area contributed by atoms with Gasteiger partial charge in [0.05, 0.1) is 0 Å². The highest BCUT2D eigenvalue weighted by Gasteiger charge is 2.18. The number of ether oxygens (including phenoxy) is 1. The van der Waals surface area contributed by atoms with Crippen LogP contribution in [0.3, 0.4) is 0 Å². The summed E-state index contributed by atoms with van der Waals surface area (Å²) in [4.78, 5) is 13.9. The minimum atomic E-state index is 0.0978. The molecule has 1 amide bonds. The molecule has 0 saturated carbocycles. The van der Waals surface area contributed by atoms with Crippen molar-refractivity contribution in [2.45, 2.75) is 33.2 Å². The molecule has 4 heteroatoms. The number of amides is 1. The molecule has 0 radical (unpaired) electrons. The van der Waals surface area contributed by atoms with Crippen LogP contribution in [0.4, 0.5) is 0 Å². The Morgan fingerprint density at radius 1 is 1.25 bits per heavy atom. The number of rotatable bonds is 5. The van der Waals surface area contributed by atoms with Crippen LogP contribution in [0.25, 0.3) is 0 Å². The summed E-state index contributed by atoms with van der Waals surface area (Å²) in [5.41, 5.74) is 3.41. The number of hydrogen-bond acceptors (Lipinski definition) is 3. The molecule has 0 spiro atoms. The van der Waals surface area contributed by atoms with E-state index in [9.17, 15) is 4.79 Å². The van der Waals surface area contributed by atoms with Gasteiger partial charge < -0.3 is 15.0 Å². The number of aryl methyl sites for hydroxylation is 2. The van der Waals surface area contributed by atoms with Crippen molar-refractivity contribution in [1.29, 1.82) is 0 Å². The largest absolute Gasteiger partial charge is 0.483 e. The molecule has 0 bridgehead atoms. The summed E-state index contributed by atoms with van der Waals surface area (Å²) in [7, 11) is 1.93. The first-order valence-electron chi connectivity index (χ1n) is 7.27. The molecule has 1 aromatic carbocycles. The van der Waals surface area contributed by atoms with Gasteiger partial charge in [-0.2, -0.15) is 0 Å². The molecule has 20 heavy (non-hydrogen) atoms. The highest BCUT2D eigenvalue weighted by Crippen LogP contribution is 2.25. The van der Waals surface area contributed by atoms with E-state index in [1.54, 1.807) is 0 Å². The summed E-state index contributed by atoms with van der Waals surface area (Å²) in [5, 5.41) is 3.14. The Labute approximate surface area is 121 Å². The Morgan fingerprint density at radius 2 is 1.85 bits per heavy atom. The van der Waals surface area contributed by atoms with Crippen LogP contribution in [-0.2, 0) is 11.3 Å². The predicted octanol–water partition coefficient (Wildman–Crippen LogP) is 2.02. The van der Waals surface area contributed by atoms with Crippen LogP contribution < -0.4 is 10.1 Å². The topological polar surface area (TPSA) is 41.6 Å². The van der Waals surface area contributed by atoms with Crippen molar-refractivity contribution in [1.82, 2.24) is 10.2 Å². The van der Waals surface area contributed by atoms with Crippen molar-refractivity contribution in [2.24, 2.45) is 0 Å². The molecule has 0 aliphatic carbocycles. The van der Waals surface area contributed by atoms with Crippen molar-refractivity contribution in [2.75, 3.05) is 26.7 Å². The molecule has 2 rings (SSSR count). The van der Waals surface area contributed by atoms with Crippen LogP contribution in [0.1, 0.15) is 29.5 Å². The molecule has 0 unspecified atom stereocenters. The van der Waals surface area contributed by atoms with E-state index in [-0.39, 0.29) is 12.5 Å². The lowest BCUT2D eigenvalue weighted by molar-refractivity contribution is -0.132. The smallest absolute Gasteiger partial charge is 0.260 e. The number of carbonyl (C=O) groups excluding carboxylic acids is 1. The molecule has 1 aromatic rings. The third kappa shape index (κ3) is 3.51. The highest BCUT2D eigenvalue weighted by molar-refractivity contribution is 5.78. The van der Waals surface area contributed by atoms with Gasteiger partial charge in [0.25, 0.3) is 5.91 Å².